The van der Waals surface area contributed by atoms with Crippen molar-refractivity contribution < 1.29 is 13.9 Å². The fourth-order valence-electron chi connectivity index (χ4n) is 3.75. The summed E-state index contributed by atoms with van der Waals surface area (Å²) in [6, 6.07) is 13.7. The number of rotatable bonds is 5. The monoisotopic (exact) mass is 412 g/mol. The van der Waals surface area contributed by atoms with E-state index in [9.17, 15) is 9.18 Å². The molecule has 1 saturated heterocycles. The molecule has 1 fully saturated rings. The van der Waals surface area contributed by atoms with Crippen molar-refractivity contribution >= 4 is 18.1 Å². The molecule has 0 spiro atoms. The number of nitrogens with one attached hydrogen (secondary N) is 1. The van der Waals surface area contributed by atoms with Gasteiger partial charge in [0.05, 0.1) is 13.2 Å². The number of aromatic nitrogens is 3. The highest BCUT2D eigenvalue weighted by Gasteiger charge is 2.30. The normalized spacial score (nSPS) is 16.2. The number of carbonyl (C=O) groups excluding carboxylic acids is 1. The molecule has 1 aromatic heterocycles. The number of nitrogens with zero attached hydrogens (tertiary/aromatic N) is 3. The van der Waals surface area contributed by atoms with Crippen molar-refractivity contribution in [2.24, 2.45) is 0 Å². The maximum absolute atomic E-state index is 13.3. The average Bonchev–Trinajstić information content (AvgIpc) is 3.36. The van der Waals surface area contributed by atoms with Gasteiger partial charge in [-0.05, 0) is 67.0 Å². The molecule has 0 radical (unpaired) electrons. The predicted molar refractivity (Wildman–Crippen MR) is 109 cm³/mol. The van der Waals surface area contributed by atoms with Crippen molar-refractivity contribution in [1.82, 2.24) is 19.7 Å². The third-order valence-corrected chi connectivity index (χ3v) is 5.54. The Hall–Kier alpha value is -3.00. The van der Waals surface area contributed by atoms with E-state index in [0.717, 1.165) is 29.7 Å². The van der Waals surface area contributed by atoms with Gasteiger partial charge < -0.3 is 9.64 Å². The van der Waals surface area contributed by atoms with Crippen LogP contribution in [0.3, 0.4) is 0 Å². The number of amides is 1. The molecule has 8 heteroatoms. The van der Waals surface area contributed by atoms with E-state index in [1.54, 1.807) is 23.8 Å². The summed E-state index contributed by atoms with van der Waals surface area (Å²) in [4.78, 5) is 15.0. The van der Waals surface area contributed by atoms with Gasteiger partial charge in [0.1, 0.15) is 18.1 Å². The van der Waals surface area contributed by atoms with Gasteiger partial charge in [-0.25, -0.2) is 4.39 Å². The van der Waals surface area contributed by atoms with Crippen molar-refractivity contribution in [3.8, 4) is 17.1 Å². The summed E-state index contributed by atoms with van der Waals surface area (Å²) in [5.74, 6) is 1.02. The predicted octanol–water partition coefficient (Wildman–Crippen LogP) is 4.12. The minimum Gasteiger partial charge on any atom is -0.497 e. The second-order valence-corrected chi connectivity index (χ2v) is 7.35. The van der Waals surface area contributed by atoms with Crippen molar-refractivity contribution in [2.45, 2.75) is 25.4 Å². The third kappa shape index (κ3) is 3.93. The van der Waals surface area contributed by atoms with Crippen LogP contribution in [-0.2, 0) is 11.3 Å². The van der Waals surface area contributed by atoms with Gasteiger partial charge >= 0.3 is 0 Å². The zero-order chi connectivity index (χ0) is 20.4. The lowest BCUT2D eigenvalue weighted by Crippen LogP contribution is -2.33. The van der Waals surface area contributed by atoms with Crippen molar-refractivity contribution in [3.63, 3.8) is 0 Å². The summed E-state index contributed by atoms with van der Waals surface area (Å²) in [7, 11) is 1.61. The SMILES string of the molecule is COc1ccc(-c2n[nH]c(=S)n2CC(=O)N2CCCC2c2ccc(F)cc2)cc1. The second kappa shape index (κ2) is 8.16. The molecular weight excluding hydrogens is 391 g/mol. The molecule has 1 N–H and O–H groups in total. The Morgan fingerprint density at radius 2 is 1.97 bits per heavy atom. The first-order chi connectivity index (χ1) is 14.1. The Kier molecular flexibility index (Phi) is 5.44. The minimum absolute atomic E-state index is 0.0379. The summed E-state index contributed by atoms with van der Waals surface area (Å²) >= 11 is 5.36. The largest absolute Gasteiger partial charge is 0.497 e. The number of carbonyl (C=O) groups is 1. The van der Waals surface area contributed by atoms with E-state index >= 15 is 0 Å². The van der Waals surface area contributed by atoms with Gasteiger partial charge in [0.2, 0.25) is 5.91 Å². The van der Waals surface area contributed by atoms with E-state index in [0.29, 0.717) is 17.1 Å². The Labute approximate surface area is 172 Å². The first-order valence-corrected chi connectivity index (χ1v) is 9.82. The van der Waals surface area contributed by atoms with Crippen LogP contribution in [0.15, 0.2) is 48.5 Å². The molecule has 4 rings (SSSR count). The van der Waals surface area contributed by atoms with Gasteiger partial charge in [0, 0.05) is 12.1 Å². The lowest BCUT2D eigenvalue weighted by molar-refractivity contribution is -0.132. The lowest BCUT2D eigenvalue weighted by atomic mass is 10.0. The van der Waals surface area contributed by atoms with E-state index in [-0.39, 0.29) is 24.3 Å². The molecule has 150 valence electrons. The van der Waals surface area contributed by atoms with Gasteiger partial charge in [-0.15, -0.1) is 0 Å². The number of methoxy groups -OCH3 is 1. The number of hydrogen-bond donors (Lipinski definition) is 1. The summed E-state index contributed by atoms with van der Waals surface area (Å²) in [5.41, 5.74) is 1.78. The number of ether oxygens (including phenoxy) is 1. The highest BCUT2D eigenvalue weighted by atomic mass is 32.1. The molecule has 1 atom stereocenters. The number of aromatic amines is 1. The van der Waals surface area contributed by atoms with Gasteiger partial charge in [-0.2, -0.15) is 5.10 Å². The zero-order valence-electron chi connectivity index (χ0n) is 16.0. The average molecular weight is 412 g/mol. The number of benzene rings is 2. The number of likely N-dealkylation sites (tertiary alicyclic amines) is 1. The number of hydrogen-bond acceptors (Lipinski definition) is 4. The van der Waals surface area contributed by atoms with Crippen LogP contribution in [0.5, 0.6) is 5.75 Å². The summed E-state index contributed by atoms with van der Waals surface area (Å²) in [6.45, 7) is 0.762. The molecule has 1 amide bonds. The highest BCUT2D eigenvalue weighted by molar-refractivity contribution is 7.71. The molecule has 1 aliphatic heterocycles. The molecule has 2 heterocycles. The van der Waals surface area contributed by atoms with Crippen molar-refractivity contribution in [2.75, 3.05) is 13.7 Å². The summed E-state index contributed by atoms with van der Waals surface area (Å²) in [5, 5.41) is 7.08. The second-order valence-electron chi connectivity index (χ2n) is 6.96. The van der Waals surface area contributed by atoms with Crippen LogP contribution in [0.1, 0.15) is 24.4 Å². The van der Waals surface area contributed by atoms with E-state index in [2.05, 4.69) is 10.2 Å². The van der Waals surface area contributed by atoms with E-state index < -0.39 is 0 Å². The molecule has 6 nitrogen and oxygen atoms in total. The Morgan fingerprint density at radius 3 is 2.66 bits per heavy atom. The molecule has 1 unspecified atom stereocenters. The quantitative estimate of drug-likeness (QED) is 0.641. The highest BCUT2D eigenvalue weighted by Crippen LogP contribution is 2.32. The van der Waals surface area contributed by atoms with Crippen LogP contribution in [0, 0.1) is 10.6 Å². The molecule has 3 aromatic rings. The van der Waals surface area contributed by atoms with Gasteiger partial charge in [0.15, 0.2) is 10.6 Å². The minimum atomic E-state index is -0.279. The molecule has 29 heavy (non-hydrogen) atoms. The standard InChI is InChI=1S/C21H21FN4O2S/c1-28-17-10-6-15(7-11-17)20-23-24-21(29)26(20)13-19(27)25-12-2-3-18(25)14-4-8-16(22)9-5-14/h4-11,18H,2-3,12-13H2,1H3,(H,24,29). The Balaban J connectivity index is 1.57. The first-order valence-electron chi connectivity index (χ1n) is 9.41. The van der Waals surface area contributed by atoms with Crippen LogP contribution in [-0.4, -0.2) is 39.2 Å². The van der Waals surface area contributed by atoms with E-state index in [1.807, 2.05) is 29.2 Å². The number of halogens is 1. The summed E-state index contributed by atoms with van der Waals surface area (Å²) in [6.07, 6.45) is 1.77. The van der Waals surface area contributed by atoms with E-state index in [4.69, 9.17) is 17.0 Å². The lowest BCUT2D eigenvalue weighted by Gasteiger charge is -2.25. The maximum atomic E-state index is 13.3. The molecule has 2 aromatic carbocycles. The third-order valence-electron chi connectivity index (χ3n) is 5.23. The zero-order valence-corrected chi connectivity index (χ0v) is 16.8. The van der Waals surface area contributed by atoms with Crippen LogP contribution in [0.2, 0.25) is 0 Å². The van der Waals surface area contributed by atoms with Crippen molar-refractivity contribution in [3.05, 3.63) is 64.7 Å². The van der Waals surface area contributed by atoms with Crippen molar-refractivity contribution in [1.29, 1.82) is 0 Å². The Morgan fingerprint density at radius 1 is 1.24 bits per heavy atom. The molecule has 0 saturated carbocycles. The molecule has 1 aliphatic rings. The fraction of sp³-hybridized carbons (Fsp3) is 0.286. The Bertz CT molecular complexity index is 1060. The van der Waals surface area contributed by atoms with Crippen LogP contribution in [0.25, 0.3) is 11.4 Å². The van der Waals surface area contributed by atoms with Gasteiger partial charge in [0.25, 0.3) is 0 Å². The number of H-pyrrole nitrogens is 1. The van der Waals surface area contributed by atoms with Crippen LogP contribution in [0.4, 0.5) is 4.39 Å². The smallest absolute Gasteiger partial charge is 0.243 e. The van der Waals surface area contributed by atoms with E-state index in [1.165, 1.54) is 12.1 Å². The topological polar surface area (TPSA) is 63.1 Å². The fourth-order valence-corrected chi connectivity index (χ4v) is 3.94. The molecular formula is C21H21FN4O2S. The van der Waals surface area contributed by atoms with Crippen LogP contribution >= 0.6 is 12.2 Å². The maximum Gasteiger partial charge on any atom is 0.243 e. The van der Waals surface area contributed by atoms with Crippen LogP contribution < -0.4 is 4.74 Å². The van der Waals surface area contributed by atoms with Gasteiger partial charge in [-0.1, -0.05) is 12.1 Å². The first kappa shape index (κ1) is 19.3. The molecule has 0 bridgehead atoms. The summed E-state index contributed by atoms with van der Waals surface area (Å²) < 4.78 is 20.6. The van der Waals surface area contributed by atoms with Gasteiger partial charge in [-0.3, -0.25) is 14.5 Å². The molecule has 0 aliphatic carbocycles.